The molecule has 2 nitrogen and oxygen atoms in total. The molecule has 1 aromatic rings. The highest BCUT2D eigenvalue weighted by molar-refractivity contribution is 9.10. The van der Waals surface area contributed by atoms with Crippen LogP contribution in [0.5, 0.6) is 0 Å². The van der Waals surface area contributed by atoms with E-state index >= 15 is 0 Å². The molecule has 0 aliphatic heterocycles. The predicted octanol–water partition coefficient (Wildman–Crippen LogP) is 3.91. The SMILES string of the molecule is O=C(C=Cc1ccc(Br)cc1)NC1CCCCC1. The van der Waals surface area contributed by atoms with E-state index < -0.39 is 0 Å². The van der Waals surface area contributed by atoms with Crippen molar-refractivity contribution in [3.63, 3.8) is 0 Å². The van der Waals surface area contributed by atoms with Crippen LogP contribution in [-0.4, -0.2) is 11.9 Å². The largest absolute Gasteiger partial charge is 0.350 e. The number of benzene rings is 1. The van der Waals surface area contributed by atoms with Gasteiger partial charge in [0, 0.05) is 16.6 Å². The topological polar surface area (TPSA) is 29.1 Å². The van der Waals surface area contributed by atoms with Crippen molar-refractivity contribution in [2.75, 3.05) is 0 Å². The highest BCUT2D eigenvalue weighted by atomic mass is 79.9. The Kier molecular flexibility index (Phi) is 5.00. The smallest absolute Gasteiger partial charge is 0.244 e. The van der Waals surface area contributed by atoms with Crippen molar-refractivity contribution in [3.8, 4) is 0 Å². The monoisotopic (exact) mass is 307 g/mol. The van der Waals surface area contributed by atoms with Crippen molar-refractivity contribution >= 4 is 27.9 Å². The Morgan fingerprint density at radius 1 is 1.17 bits per heavy atom. The van der Waals surface area contributed by atoms with Crippen LogP contribution in [0.1, 0.15) is 37.7 Å². The first-order valence-electron chi connectivity index (χ1n) is 6.48. The molecule has 1 N–H and O–H groups in total. The van der Waals surface area contributed by atoms with Crippen molar-refractivity contribution in [2.24, 2.45) is 0 Å². The minimum absolute atomic E-state index is 0.0184. The fraction of sp³-hybridized carbons (Fsp3) is 0.400. The van der Waals surface area contributed by atoms with Gasteiger partial charge in [-0.15, -0.1) is 0 Å². The minimum Gasteiger partial charge on any atom is -0.350 e. The zero-order valence-electron chi connectivity index (χ0n) is 10.4. The summed E-state index contributed by atoms with van der Waals surface area (Å²) in [5.41, 5.74) is 1.04. The molecule has 1 aliphatic carbocycles. The van der Waals surface area contributed by atoms with Gasteiger partial charge in [-0.1, -0.05) is 47.3 Å². The second kappa shape index (κ2) is 6.74. The summed E-state index contributed by atoms with van der Waals surface area (Å²) < 4.78 is 1.05. The maximum absolute atomic E-state index is 11.7. The molecule has 0 heterocycles. The lowest BCUT2D eigenvalue weighted by atomic mass is 9.95. The number of halogens is 1. The first-order valence-corrected chi connectivity index (χ1v) is 7.27. The number of carbonyl (C=O) groups excluding carboxylic acids is 1. The van der Waals surface area contributed by atoms with Crippen LogP contribution in [0.25, 0.3) is 6.08 Å². The first kappa shape index (κ1) is 13.3. The Balaban J connectivity index is 1.84. The molecule has 1 aliphatic rings. The molecule has 0 radical (unpaired) electrons. The molecule has 3 heteroatoms. The molecule has 0 spiro atoms. The highest BCUT2D eigenvalue weighted by Crippen LogP contribution is 2.17. The molecular weight excluding hydrogens is 290 g/mol. The summed E-state index contributed by atoms with van der Waals surface area (Å²) in [4.78, 5) is 11.7. The van der Waals surface area contributed by atoms with E-state index in [2.05, 4.69) is 21.2 Å². The Labute approximate surface area is 117 Å². The van der Waals surface area contributed by atoms with Gasteiger partial charge in [0.05, 0.1) is 0 Å². The van der Waals surface area contributed by atoms with E-state index in [1.54, 1.807) is 6.08 Å². The normalized spacial score (nSPS) is 16.9. The summed E-state index contributed by atoms with van der Waals surface area (Å²) in [5, 5.41) is 3.07. The Morgan fingerprint density at radius 2 is 1.83 bits per heavy atom. The average molecular weight is 308 g/mol. The van der Waals surface area contributed by atoms with Crippen molar-refractivity contribution in [1.29, 1.82) is 0 Å². The van der Waals surface area contributed by atoms with Gasteiger partial charge < -0.3 is 5.32 Å². The molecule has 0 aromatic heterocycles. The summed E-state index contributed by atoms with van der Waals surface area (Å²) in [6.07, 6.45) is 9.50. The number of amides is 1. The standard InChI is InChI=1S/C15H18BrNO/c16-13-9-6-12(7-10-13)8-11-15(18)17-14-4-2-1-3-5-14/h6-11,14H,1-5H2,(H,17,18). The van der Waals surface area contributed by atoms with Crippen LogP contribution in [0.2, 0.25) is 0 Å². The van der Waals surface area contributed by atoms with Crippen molar-refractivity contribution in [3.05, 3.63) is 40.4 Å². The van der Waals surface area contributed by atoms with Crippen LogP contribution in [0.15, 0.2) is 34.8 Å². The summed E-state index contributed by atoms with van der Waals surface area (Å²) in [7, 11) is 0. The third-order valence-corrected chi connectivity index (χ3v) is 3.78. The molecule has 96 valence electrons. The van der Waals surface area contributed by atoms with E-state index in [1.807, 2.05) is 30.3 Å². The lowest BCUT2D eigenvalue weighted by Gasteiger charge is -2.21. The maximum Gasteiger partial charge on any atom is 0.244 e. The van der Waals surface area contributed by atoms with Gasteiger partial charge in [-0.3, -0.25) is 4.79 Å². The van der Waals surface area contributed by atoms with Crippen LogP contribution in [0.4, 0.5) is 0 Å². The van der Waals surface area contributed by atoms with Crippen LogP contribution in [0, 0.1) is 0 Å². The van der Waals surface area contributed by atoms with Gasteiger partial charge in [0.2, 0.25) is 5.91 Å². The summed E-state index contributed by atoms with van der Waals surface area (Å²) in [6.45, 7) is 0. The molecule has 2 rings (SSSR count). The summed E-state index contributed by atoms with van der Waals surface area (Å²) in [6, 6.07) is 8.28. The molecule has 0 bridgehead atoms. The van der Waals surface area contributed by atoms with Crippen LogP contribution in [-0.2, 0) is 4.79 Å². The lowest BCUT2D eigenvalue weighted by molar-refractivity contribution is -0.117. The fourth-order valence-corrected chi connectivity index (χ4v) is 2.51. The van der Waals surface area contributed by atoms with Crippen molar-refractivity contribution in [2.45, 2.75) is 38.1 Å². The maximum atomic E-state index is 11.7. The molecule has 0 saturated heterocycles. The van der Waals surface area contributed by atoms with Gasteiger partial charge in [0.1, 0.15) is 0 Å². The fourth-order valence-electron chi connectivity index (χ4n) is 2.24. The van der Waals surface area contributed by atoms with Gasteiger partial charge in [-0.05, 0) is 36.6 Å². The van der Waals surface area contributed by atoms with E-state index in [4.69, 9.17) is 0 Å². The summed E-state index contributed by atoms with van der Waals surface area (Å²) in [5.74, 6) is 0.0184. The van der Waals surface area contributed by atoms with Gasteiger partial charge in [0.15, 0.2) is 0 Å². The van der Waals surface area contributed by atoms with Crippen LogP contribution < -0.4 is 5.32 Å². The Morgan fingerprint density at radius 3 is 2.50 bits per heavy atom. The van der Waals surface area contributed by atoms with E-state index in [9.17, 15) is 4.79 Å². The first-order chi connectivity index (χ1) is 8.74. The third kappa shape index (κ3) is 4.30. The Bertz CT molecular complexity index is 419. The highest BCUT2D eigenvalue weighted by Gasteiger charge is 2.13. The Hall–Kier alpha value is -1.09. The van der Waals surface area contributed by atoms with Crippen LogP contribution in [0.3, 0.4) is 0 Å². The molecular formula is C15H18BrNO. The number of hydrogen-bond donors (Lipinski definition) is 1. The molecule has 0 unspecified atom stereocenters. The van der Waals surface area contributed by atoms with Crippen molar-refractivity contribution in [1.82, 2.24) is 5.32 Å². The quantitative estimate of drug-likeness (QED) is 0.843. The van der Waals surface area contributed by atoms with E-state index in [-0.39, 0.29) is 5.91 Å². The van der Waals surface area contributed by atoms with Gasteiger partial charge in [-0.25, -0.2) is 0 Å². The number of hydrogen-bond acceptors (Lipinski definition) is 1. The number of rotatable bonds is 3. The van der Waals surface area contributed by atoms with E-state index in [1.165, 1.54) is 19.3 Å². The van der Waals surface area contributed by atoms with Gasteiger partial charge in [-0.2, -0.15) is 0 Å². The third-order valence-electron chi connectivity index (χ3n) is 3.25. The van der Waals surface area contributed by atoms with Crippen molar-refractivity contribution < 1.29 is 4.79 Å². The summed E-state index contributed by atoms with van der Waals surface area (Å²) >= 11 is 3.39. The predicted molar refractivity (Wildman–Crippen MR) is 78.2 cm³/mol. The zero-order chi connectivity index (χ0) is 12.8. The molecule has 1 fully saturated rings. The number of nitrogens with one attached hydrogen (secondary N) is 1. The number of carbonyl (C=O) groups is 1. The zero-order valence-corrected chi connectivity index (χ0v) is 11.9. The molecule has 18 heavy (non-hydrogen) atoms. The van der Waals surface area contributed by atoms with Crippen LogP contribution >= 0.6 is 15.9 Å². The lowest BCUT2D eigenvalue weighted by Crippen LogP contribution is -2.34. The van der Waals surface area contributed by atoms with E-state index in [0.717, 1.165) is 22.9 Å². The second-order valence-electron chi connectivity index (χ2n) is 4.73. The minimum atomic E-state index is 0.0184. The molecule has 0 atom stereocenters. The van der Waals surface area contributed by atoms with Gasteiger partial charge >= 0.3 is 0 Å². The second-order valence-corrected chi connectivity index (χ2v) is 5.64. The molecule has 1 aromatic carbocycles. The van der Waals surface area contributed by atoms with Gasteiger partial charge in [0.25, 0.3) is 0 Å². The molecule has 1 amide bonds. The molecule has 1 saturated carbocycles. The average Bonchev–Trinajstić information content (AvgIpc) is 2.39. The van der Waals surface area contributed by atoms with E-state index in [0.29, 0.717) is 6.04 Å².